The number of benzene rings is 2. The van der Waals surface area contributed by atoms with Crippen molar-refractivity contribution in [3.8, 4) is 11.8 Å². The van der Waals surface area contributed by atoms with Gasteiger partial charge < -0.3 is 9.92 Å². The molecule has 0 atom stereocenters. The summed E-state index contributed by atoms with van der Waals surface area (Å²) < 4.78 is 29.3. The zero-order valence-corrected chi connectivity index (χ0v) is 13.8. The van der Waals surface area contributed by atoms with Gasteiger partial charge in [-0.05, 0) is 35.9 Å². The van der Waals surface area contributed by atoms with Gasteiger partial charge in [0, 0.05) is 12.1 Å². The molecular formula is C16H11N3O6S. The van der Waals surface area contributed by atoms with Crippen LogP contribution in [0.2, 0.25) is 0 Å². The van der Waals surface area contributed by atoms with Crippen molar-refractivity contribution in [2.75, 3.05) is 0 Å². The lowest BCUT2D eigenvalue weighted by atomic mass is 10.1. The summed E-state index contributed by atoms with van der Waals surface area (Å²) in [7, 11) is -4.17. The van der Waals surface area contributed by atoms with Crippen LogP contribution in [-0.2, 0) is 14.9 Å². The van der Waals surface area contributed by atoms with Crippen LogP contribution in [-0.4, -0.2) is 19.2 Å². The highest BCUT2D eigenvalue weighted by Crippen LogP contribution is 2.22. The third-order valence-electron chi connectivity index (χ3n) is 3.12. The lowest BCUT2D eigenvalue weighted by Crippen LogP contribution is -2.12. The molecular weight excluding hydrogens is 362 g/mol. The number of hydrogen-bond donors (Lipinski definition) is 1. The molecule has 0 aromatic heterocycles. The van der Waals surface area contributed by atoms with Crippen molar-refractivity contribution in [2.24, 2.45) is 5.73 Å². The second-order valence-electron chi connectivity index (χ2n) is 4.89. The number of nitriles is 1. The Labute approximate surface area is 148 Å². The van der Waals surface area contributed by atoms with Crippen LogP contribution in [0.5, 0.6) is 5.75 Å². The quantitative estimate of drug-likeness (QED) is 0.266. The molecule has 10 heteroatoms. The molecule has 0 saturated carbocycles. The SMILES string of the molecule is N#C/C(=C\c1ccc(OS(=O)(=O)c2ccc([N+](=O)[O-])cc2)cc1)C(N)=O. The third kappa shape index (κ3) is 4.43. The van der Waals surface area contributed by atoms with Gasteiger partial charge in [0.2, 0.25) is 0 Å². The molecule has 2 rings (SSSR count). The number of nitrogens with zero attached hydrogens (tertiary/aromatic N) is 2. The maximum atomic E-state index is 12.2. The van der Waals surface area contributed by atoms with E-state index in [-0.39, 0.29) is 21.9 Å². The van der Waals surface area contributed by atoms with Crippen LogP contribution in [0.4, 0.5) is 5.69 Å². The van der Waals surface area contributed by atoms with Gasteiger partial charge in [-0.15, -0.1) is 0 Å². The molecule has 132 valence electrons. The van der Waals surface area contributed by atoms with Crippen molar-refractivity contribution in [2.45, 2.75) is 4.90 Å². The summed E-state index contributed by atoms with van der Waals surface area (Å²) in [5.41, 5.74) is 4.97. The molecule has 0 saturated heterocycles. The van der Waals surface area contributed by atoms with E-state index in [1.165, 1.54) is 30.3 Å². The Balaban J connectivity index is 2.21. The van der Waals surface area contributed by atoms with Crippen molar-refractivity contribution in [1.82, 2.24) is 0 Å². The van der Waals surface area contributed by atoms with Crippen LogP contribution in [0.25, 0.3) is 6.08 Å². The van der Waals surface area contributed by atoms with Gasteiger partial charge in [-0.2, -0.15) is 13.7 Å². The van der Waals surface area contributed by atoms with E-state index in [4.69, 9.17) is 15.2 Å². The second kappa shape index (κ2) is 7.45. The minimum absolute atomic E-state index is 0.0157. The van der Waals surface area contributed by atoms with Gasteiger partial charge in [0.1, 0.15) is 22.3 Å². The van der Waals surface area contributed by atoms with Gasteiger partial charge in [0.05, 0.1) is 4.92 Å². The highest BCUT2D eigenvalue weighted by atomic mass is 32.2. The van der Waals surface area contributed by atoms with Crippen molar-refractivity contribution in [3.05, 3.63) is 69.8 Å². The Morgan fingerprint density at radius 3 is 2.19 bits per heavy atom. The van der Waals surface area contributed by atoms with Crippen LogP contribution in [0.15, 0.2) is 59.0 Å². The number of nitro groups is 1. The molecule has 0 spiro atoms. The second-order valence-corrected chi connectivity index (χ2v) is 6.44. The predicted molar refractivity (Wildman–Crippen MR) is 90.1 cm³/mol. The zero-order chi connectivity index (χ0) is 19.3. The van der Waals surface area contributed by atoms with Crippen molar-refractivity contribution in [3.63, 3.8) is 0 Å². The van der Waals surface area contributed by atoms with E-state index in [0.29, 0.717) is 5.56 Å². The van der Waals surface area contributed by atoms with Gasteiger partial charge in [0.25, 0.3) is 11.6 Å². The minimum atomic E-state index is -4.17. The molecule has 0 aliphatic heterocycles. The van der Waals surface area contributed by atoms with Crippen LogP contribution < -0.4 is 9.92 Å². The number of amides is 1. The number of carbonyl (C=O) groups excluding carboxylic acids is 1. The highest BCUT2D eigenvalue weighted by molar-refractivity contribution is 7.87. The van der Waals surface area contributed by atoms with E-state index in [1.807, 2.05) is 0 Å². The Bertz CT molecular complexity index is 1020. The molecule has 0 unspecified atom stereocenters. The van der Waals surface area contributed by atoms with Crippen LogP contribution in [0.1, 0.15) is 5.56 Å². The van der Waals surface area contributed by atoms with Crippen molar-refractivity contribution < 1.29 is 22.3 Å². The third-order valence-corrected chi connectivity index (χ3v) is 4.38. The normalized spacial score (nSPS) is 11.4. The van der Waals surface area contributed by atoms with E-state index in [2.05, 4.69) is 0 Å². The average Bonchev–Trinajstić information content (AvgIpc) is 2.60. The Kier molecular flexibility index (Phi) is 5.34. The molecule has 2 aromatic rings. The van der Waals surface area contributed by atoms with E-state index < -0.39 is 20.9 Å². The minimum Gasteiger partial charge on any atom is -0.379 e. The van der Waals surface area contributed by atoms with E-state index >= 15 is 0 Å². The number of carbonyl (C=O) groups is 1. The number of primary amides is 1. The summed E-state index contributed by atoms with van der Waals surface area (Å²) in [5.74, 6) is -0.897. The topological polar surface area (TPSA) is 153 Å². The van der Waals surface area contributed by atoms with Crippen LogP contribution in [0.3, 0.4) is 0 Å². The first kappa shape index (κ1) is 18.6. The van der Waals surface area contributed by atoms with Gasteiger partial charge in [-0.1, -0.05) is 12.1 Å². The summed E-state index contributed by atoms with van der Waals surface area (Å²) in [6.45, 7) is 0. The molecule has 26 heavy (non-hydrogen) atoms. The molecule has 0 fully saturated rings. The maximum Gasteiger partial charge on any atom is 0.339 e. The predicted octanol–water partition coefficient (Wildman–Crippen LogP) is 1.75. The van der Waals surface area contributed by atoms with Crippen molar-refractivity contribution >= 4 is 27.8 Å². The molecule has 1 amide bonds. The van der Waals surface area contributed by atoms with Crippen LogP contribution >= 0.6 is 0 Å². The number of nitro benzene ring substituents is 1. The smallest absolute Gasteiger partial charge is 0.339 e. The first-order valence-corrected chi connectivity index (χ1v) is 8.34. The first-order chi connectivity index (χ1) is 12.2. The molecule has 2 aromatic carbocycles. The first-order valence-electron chi connectivity index (χ1n) is 6.93. The van der Waals surface area contributed by atoms with Crippen LogP contribution in [0, 0.1) is 21.4 Å². The summed E-state index contributed by atoms with van der Waals surface area (Å²) in [5, 5.41) is 19.4. The van der Waals surface area contributed by atoms with Gasteiger partial charge in [0.15, 0.2) is 0 Å². The fourth-order valence-electron chi connectivity index (χ4n) is 1.85. The number of non-ortho nitro benzene ring substituents is 1. The summed E-state index contributed by atoms with van der Waals surface area (Å²) in [6, 6.07) is 11.4. The highest BCUT2D eigenvalue weighted by Gasteiger charge is 2.18. The summed E-state index contributed by atoms with van der Waals surface area (Å²) in [4.78, 5) is 20.7. The Hall–Kier alpha value is -3.71. The molecule has 0 bridgehead atoms. The number of hydrogen-bond acceptors (Lipinski definition) is 7. The Morgan fingerprint density at radius 1 is 1.15 bits per heavy atom. The molecule has 9 nitrogen and oxygen atoms in total. The lowest BCUT2D eigenvalue weighted by molar-refractivity contribution is -0.384. The molecule has 0 aliphatic carbocycles. The van der Waals surface area contributed by atoms with Gasteiger partial charge in [-0.3, -0.25) is 14.9 Å². The molecule has 0 radical (unpaired) electrons. The van der Waals surface area contributed by atoms with E-state index in [9.17, 15) is 23.3 Å². The maximum absolute atomic E-state index is 12.2. The van der Waals surface area contributed by atoms with Gasteiger partial charge >= 0.3 is 10.1 Å². The van der Waals surface area contributed by atoms with E-state index in [1.54, 1.807) is 6.07 Å². The fraction of sp³-hybridized carbons (Fsp3) is 0. The molecule has 0 heterocycles. The summed E-state index contributed by atoms with van der Waals surface area (Å²) >= 11 is 0. The number of rotatable bonds is 6. The zero-order valence-electron chi connectivity index (χ0n) is 13.0. The summed E-state index contributed by atoms with van der Waals surface area (Å²) in [6.07, 6.45) is 1.25. The van der Waals surface area contributed by atoms with E-state index in [0.717, 1.165) is 24.3 Å². The standard InChI is InChI=1S/C16H11N3O6S/c17-10-12(16(18)20)9-11-1-5-14(6-2-11)25-26(23,24)15-7-3-13(4-8-15)19(21)22/h1-9H,(H2,18,20)/b12-9+. The number of nitrogens with two attached hydrogens (primary N) is 1. The largest absolute Gasteiger partial charge is 0.379 e. The van der Waals surface area contributed by atoms with Crippen molar-refractivity contribution in [1.29, 1.82) is 5.26 Å². The van der Waals surface area contributed by atoms with Gasteiger partial charge in [-0.25, -0.2) is 0 Å². The molecule has 2 N–H and O–H groups in total. The average molecular weight is 373 g/mol. The monoisotopic (exact) mass is 373 g/mol. The Morgan fingerprint density at radius 2 is 1.73 bits per heavy atom. The molecule has 0 aliphatic rings. The fourth-order valence-corrected chi connectivity index (χ4v) is 2.78. The lowest BCUT2D eigenvalue weighted by Gasteiger charge is -2.07.